The summed E-state index contributed by atoms with van der Waals surface area (Å²) < 4.78 is 0. The van der Waals surface area contributed by atoms with Crippen molar-refractivity contribution in [2.45, 2.75) is 84.0 Å². The number of nitrogens with two attached hydrogens (primary N) is 1. The summed E-state index contributed by atoms with van der Waals surface area (Å²) in [5.74, 6) is -2.05. The Morgan fingerprint density at radius 3 is 2.12 bits per heavy atom. The molecule has 1 heterocycles. The first-order valence-corrected chi connectivity index (χ1v) is 16.6. The van der Waals surface area contributed by atoms with E-state index in [1.54, 1.807) is 30.3 Å². The molecular formula is C39H47N5O5. The van der Waals surface area contributed by atoms with Crippen LogP contribution in [0.2, 0.25) is 0 Å². The first-order chi connectivity index (χ1) is 23.2. The molecule has 4 aromatic rings. The van der Waals surface area contributed by atoms with Crippen molar-refractivity contribution in [2.24, 2.45) is 11.7 Å². The molecule has 0 aliphatic rings. The van der Waals surface area contributed by atoms with E-state index in [0.717, 1.165) is 16.5 Å². The van der Waals surface area contributed by atoms with Crippen molar-refractivity contribution in [1.82, 2.24) is 20.9 Å². The normalized spacial score (nSPS) is 13.4. The number of carbonyl (C=O) groups excluding carboxylic acids is 4. The first-order valence-electron chi connectivity index (χ1n) is 16.6. The van der Waals surface area contributed by atoms with Gasteiger partial charge in [-0.3, -0.25) is 19.2 Å². The summed E-state index contributed by atoms with van der Waals surface area (Å²) in [6.07, 6.45) is -0.592. The fourth-order valence-corrected chi connectivity index (χ4v) is 5.75. The van der Waals surface area contributed by atoms with Crippen LogP contribution >= 0.6 is 0 Å². The van der Waals surface area contributed by atoms with Gasteiger partial charge in [-0.05, 0) is 74.4 Å². The van der Waals surface area contributed by atoms with Gasteiger partial charge in [0, 0.05) is 22.9 Å². The molecule has 6 N–H and O–H groups in total. The van der Waals surface area contributed by atoms with Gasteiger partial charge in [0.15, 0.2) is 0 Å². The highest BCUT2D eigenvalue weighted by Gasteiger charge is 2.30. The van der Waals surface area contributed by atoms with E-state index in [2.05, 4.69) is 34.8 Å². The average Bonchev–Trinajstić information content (AvgIpc) is 3.03. The van der Waals surface area contributed by atoms with Crippen molar-refractivity contribution < 1.29 is 24.3 Å². The molecule has 0 unspecified atom stereocenters. The van der Waals surface area contributed by atoms with E-state index in [1.165, 1.54) is 0 Å². The van der Waals surface area contributed by atoms with Crippen molar-refractivity contribution in [2.75, 3.05) is 0 Å². The fraction of sp³-hybridized carbons (Fsp3) is 0.359. The minimum Gasteiger partial charge on any atom is -0.391 e. The zero-order chi connectivity index (χ0) is 35.7. The van der Waals surface area contributed by atoms with E-state index in [4.69, 9.17) is 5.73 Å². The minimum atomic E-state index is -1.33. The third kappa shape index (κ3) is 10.7. The molecule has 10 heteroatoms. The number of aliphatic hydroxyl groups is 1. The highest BCUT2D eigenvalue weighted by molar-refractivity contribution is 6.00. The molecule has 258 valence electrons. The number of para-hydroxylation sites is 1. The predicted octanol–water partition coefficient (Wildman–Crippen LogP) is 4.27. The maximum Gasteiger partial charge on any atom is 0.270 e. The van der Waals surface area contributed by atoms with Gasteiger partial charge in [-0.2, -0.15) is 0 Å². The van der Waals surface area contributed by atoms with E-state index in [-0.39, 0.29) is 24.4 Å². The maximum absolute atomic E-state index is 13.8. The van der Waals surface area contributed by atoms with Crippen LogP contribution in [0.25, 0.3) is 10.9 Å². The second-order valence-electron chi connectivity index (χ2n) is 13.9. The van der Waals surface area contributed by atoms with Gasteiger partial charge >= 0.3 is 0 Å². The van der Waals surface area contributed by atoms with Gasteiger partial charge < -0.3 is 26.8 Å². The Morgan fingerprint density at radius 1 is 0.796 bits per heavy atom. The van der Waals surface area contributed by atoms with E-state index in [9.17, 15) is 24.3 Å². The number of aromatic nitrogens is 1. The number of hydrogen-bond acceptors (Lipinski definition) is 6. The molecule has 0 saturated heterocycles. The number of fused-ring (bicyclic) bond motifs is 1. The molecule has 1 aromatic heterocycles. The van der Waals surface area contributed by atoms with Crippen LogP contribution in [0.3, 0.4) is 0 Å². The number of hydrogen-bond donors (Lipinski definition) is 5. The fourth-order valence-electron chi connectivity index (χ4n) is 5.75. The van der Waals surface area contributed by atoms with E-state index >= 15 is 0 Å². The molecule has 0 fully saturated rings. The highest BCUT2D eigenvalue weighted by Crippen LogP contribution is 2.22. The van der Waals surface area contributed by atoms with Crippen molar-refractivity contribution >= 4 is 34.5 Å². The molecule has 0 bridgehead atoms. The monoisotopic (exact) mass is 665 g/mol. The first kappa shape index (κ1) is 36.7. The zero-order valence-electron chi connectivity index (χ0n) is 28.8. The second kappa shape index (κ2) is 16.3. The Kier molecular flexibility index (Phi) is 12.3. The molecule has 3 aromatic carbocycles. The van der Waals surface area contributed by atoms with Crippen molar-refractivity contribution in [3.63, 3.8) is 0 Å². The third-order valence-corrected chi connectivity index (χ3v) is 7.96. The Bertz CT molecular complexity index is 1780. The Balaban J connectivity index is 1.60. The minimum absolute atomic E-state index is 0.0536. The number of nitrogens with zero attached hydrogens (tertiary/aromatic N) is 1. The molecule has 10 nitrogen and oxygen atoms in total. The summed E-state index contributed by atoms with van der Waals surface area (Å²) in [4.78, 5) is 57.2. The molecule has 49 heavy (non-hydrogen) atoms. The molecule has 4 rings (SSSR count). The van der Waals surface area contributed by atoms with Crippen molar-refractivity contribution in [3.05, 3.63) is 113 Å². The lowest BCUT2D eigenvalue weighted by Crippen LogP contribution is -2.54. The van der Waals surface area contributed by atoms with Gasteiger partial charge in [0.25, 0.3) is 11.8 Å². The lowest BCUT2D eigenvalue weighted by Gasteiger charge is -2.28. The van der Waals surface area contributed by atoms with Crippen LogP contribution in [-0.4, -0.2) is 57.4 Å². The van der Waals surface area contributed by atoms with E-state index in [0.29, 0.717) is 29.0 Å². The molecule has 0 saturated carbocycles. The second-order valence-corrected chi connectivity index (χ2v) is 13.9. The third-order valence-electron chi connectivity index (χ3n) is 7.96. The van der Waals surface area contributed by atoms with Crippen LogP contribution < -0.4 is 21.7 Å². The lowest BCUT2D eigenvalue weighted by atomic mass is 9.93. The molecule has 0 aliphatic heterocycles. The number of primary amides is 1. The van der Waals surface area contributed by atoms with Gasteiger partial charge in [-0.1, -0.05) is 80.6 Å². The topological polar surface area (TPSA) is 164 Å². The molecule has 4 amide bonds. The number of benzene rings is 3. The van der Waals surface area contributed by atoms with E-state index in [1.807, 2.05) is 75.4 Å². The standard InChI is InChI=1S/C39H47N5O5/c1-24(2)19-27-21-32(41-30-18-12-11-16-28(27)30)37(48)43-33(23-35(40)46)38(49)42-31(20-25-13-7-6-8-14-25)34(45)22-26-15-9-10-17-29(26)36(47)44-39(3,4)5/h6-18,21,24,31,33-34,45H,19-20,22-23H2,1-5H3,(H2,40,46)(H,42,49)(H,43,48)(H,44,47)/t31-,33-,34+/m0/s1. The van der Waals surface area contributed by atoms with Crippen LogP contribution in [0.1, 0.15) is 78.6 Å². The summed E-state index contributed by atoms with van der Waals surface area (Å²) in [7, 11) is 0. The summed E-state index contributed by atoms with van der Waals surface area (Å²) in [5, 5.41) is 21.0. The molecule has 0 aliphatic carbocycles. The summed E-state index contributed by atoms with van der Waals surface area (Å²) >= 11 is 0. The van der Waals surface area contributed by atoms with Crippen LogP contribution in [0.4, 0.5) is 0 Å². The summed E-state index contributed by atoms with van der Waals surface area (Å²) in [6.45, 7) is 9.82. The van der Waals surface area contributed by atoms with Gasteiger partial charge in [-0.15, -0.1) is 0 Å². The van der Waals surface area contributed by atoms with Crippen molar-refractivity contribution in [1.29, 1.82) is 0 Å². The summed E-state index contributed by atoms with van der Waals surface area (Å²) in [5.41, 5.74) is 8.63. The number of carbonyl (C=O) groups is 4. The van der Waals surface area contributed by atoms with Crippen LogP contribution in [0.15, 0.2) is 84.9 Å². The Morgan fingerprint density at radius 2 is 1.45 bits per heavy atom. The van der Waals surface area contributed by atoms with E-state index < -0.39 is 47.9 Å². The maximum atomic E-state index is 13.8. The predicted molar refractivity (Wildman–Crippen MR) is 191 cm³/mol. The number of rotatable bonds is 14. The van der Waals surface area contributed by atoms with Crippen molar-refractivity contribution in [3.8, 4) is 0 Å². The SMILES string of the molecule is CC(C)Cc1cc(C(=O)N[C@@H](CC(N)=O)C(=O)N[C@@H](Cc2ccccc2)[C@H](O)Cc2ccccc2C(=O)NC(C)(C)C)nc2ccccc12. The lowest BCUT2D eigenvalue weighted by molar-refractivity contribution is -0.128. The van der Waals surface area contributed by atoms with Gasteiger partial charge in [0.1, 0.15) is 11.7 Å². The zero-order valence-corrected chi connectivity index (χ0v) is 28.8. The average molecular weight is 666 g/mol. The Labute approximate surface area is 287 Å². The largest absolute Gasteiger partial charge is 0.391 e. The van der Waals surface area contributed by atoms with Crippen LogP contribution in [0, 0.1) is 5.92 Å². The van der Waals surface area contributed by atoms with Crippen LogP contribution in [0.5, 0.6) is 0 Å². The highest BCUT2D eigenvalue weighted by atomic mass is 16.3. The van der Waals surface area contributed by atoms with Gasteiger partial charge in [0.2, 0.25) is 11.8 Å². The molecule has 0 radical (unpaired) electrons. The smallest absolute Gasteiger partial charge is 0.270 e. The number of nitrogens with one attached hydrogen (secondary N) is 3. The van der Waals surface area contributed by atoms with Crippen LogP contribution in [-0.2, 0) is 28.9 Å². The number of aliphatic hydroxyl groups excluding tert-OH is 1. The number of amides is 4. The summed E-state index contributed by atoms with van der Waals surface area (Å²) in [6, 6.07) is 23.4. The molecular weight excluding hydrogens is 618 g/mol. The quantitative estimate of drug-likeness (QED) is 0.135. The molecule has 3 atom stereocenters. The Hall–Kier alpha value is -5.09. The number of pyridine rings is 1. The molecule has 0 spiro atoms. The van der Waals surface area contributed by atoms with Gasteiger partial charge in [-0.25, -0.2) is 4.98 Å². The van der Waals surface area contributed by atoms with Gasteiger partial charge in [0.05, 0.1) is 24.1 Å².